The van der Waals surface area contributed by atoms with Gasteiger partial charge in [0, 0.05) is 31.9 Å². The van der Waals surface area contributed by atoms with E-state index < -0.39 is 0 Å². The van der Waals surface area contributed by atoms with E-state index in [1.165, 1.54) is 0 Å². The lowest BCUT2D eigenvalue weighted by Gasteiger charge is -2.36. The summed E-state index contributed by atoms with van der Waals surface area (Å²) in [6, 6.07) is 5.05. The van der Waals surface area contributed by atoms with Crippen LogP contribution in [0.15, 0.2) is 30.7 Å². The Labute approximate surface area is 169 Å². The minimum absolute atomic E-state index is 0.0153. The number of piperidine rings is 1. The number of amides is 3. The predicted octanol–water partition coefficient (Wildman–Crippen LogP) is 3.45. The molecule has 1 N–H and O–H groups in total. The van der Waals surface area contributed by atoms with E-state index in [0.29, 0.717) is 35.9 Å². The zero-order valence-corrected chi connectivity index (χ0v) is 16.7. The minimum atomic E-state index is -0.150. The minimum Gasteiger partial charge on any atom is -0.336 e. The fraction of sp³-hybridized carbons (Fsp3) is 0.450. The van der Waals surface area contributed by atoms with Gasteiger partial charge in [-0.2, -0.15) is 0 Å². The lowest BCUT2D eigenvalue weighted by atomic mass is 9.98. The molecule has 0 radical (unpaired) electrons. The van der Waals surface area contributed by atoms with Crippen molar-refractivity contribution in [3.8, 4) is 0 Å². The summed E-state index contributed by atoms with van der Waals surface area (Å²) in [5.41, 5.74) is 2.19. The number of anilines is 1. The number of benzene rings is 1. The van der Waals surface area contributed by atoms with Gasteiger partial charge in [-0.05, 0) is 44.4 Å². The smallest absolute Gasteiger partial charge is 0.321 e. The quantitative estimate of drug-likeness (QED) is 0.852. The third-order valence-electron chi connectivity index (χ3n) is 5.54. The summed E-state index contributed by atoms with van der Waals surface area (Å²) in [5.74, 6) is -0.0972. The molecule has 0 saturated carbocycles. The van der Waals surface area contributed by atoms with E-state index in [2.05, 4.69) is 21.8 Å². The standard InChI is InChI=1S/C20H24ClN5O2/c1-2-24-13-22-12-18(24)17-5-3-4-9-26(17)19(27)15-11-14(6-7-16(15)21)25-10-8-23-20(25)28/h6-7,11-13,17H,2-5,8-10H2,1H3,(H,23,28). The van der Waals surface area contributed by atoms with Crippen LogP contribution in [0, 0.1) is 0 Å². The van der Waals surface area contributed by atoms with E-state index in [0.717, 1.165) is 31.5 Å². The molecule has 2 aromatic rings. The van der Waals surface area contributed by atoms with E-state index >= 15 is 0 Å². The van der Waals surface area contributed by atoms with E-state index in [9.17, 15) is 9.59 Å². The number of aryl methyl sites for hydroxylation is 1. The van der Waals surface area contributed by atoms with E-state index in [-0.39, 0.29) is 18.0 Å². The third-order valence-corrected chi connectivity index (χ3v) is 5.87. The van der Waals surface area contributed by atoms with Crippen molar-refractivity contribution < 1.29 is 9.59 Å². The highest BCUT2D eigenvalue weighted by atomic mass is 35.5. The Hall–Kier alpha value is -2.54. The highest BCUT2D eigenvalue weighted by molar-refractivity contribution is 6.34. The fourth-order valence-corrected chi connectivity index (χ4v) is 4.27. The number of nitrogens with one attached hydrogen (secondary N) is 1. The van der Waals surface area contributed by atoms with E-state index in [1.54, 1.807) is 23.1 Å². The normalized spacial score (nSPS) is 19.8. The molecule has 2 saturated heterocycles. The number of imidazole rings is 1. The summed E-state index contributed by atoms with van der Waals surface area (Å²) in [6.45, 7) is 4.75. The zero-order chi connectivity index (χ0) is 19.7. The Bertz CT molecular complexity index is 896. The van der Waals surface area contributed by atoms with Crippen molar-refractivity contribution in [1.82, 2.24) is 19.8 Å². The van der Waals surface area contributed by atoms with Crippen LogP contribution in [0.1, 0.15) is 48.3 Å². The number of carbonyl (C=O) groups is 2. The Morgan fingerprint density at radius 2 is 2.18 bits per heavy atom. The number of halogens is 1. The van der Waals surface area contributed by atoms with Gasteiger partial charge in [0.25, 0.3) is 5.91 Å². The van der Waals surface area contributed by atoms with Gasteiger partial charge in [0.1, 0.15) is 0 Å². The van der Waals surface area contributed by atoms with Crippen LogP contribution in [0.2, 0.25) is 5.02 Å². The van der Waals surface area contributed by atoms with Crippen molar-refractivity contribution in [3.05, 3.63) is 47.0 Å². The molecule has 2 aliphatic heterocycles. The maximum absolute atomic E-state index is 13.5. The van der Waals surface area contributed by atoms with Gasteiger partial charge in [-0.3, -0.25) is 9.69 Å². The molecular formula is C20H24ClN5O2. The van der Waals surface area contributed by atoms with Crippen molar-refractivity contribution >= 4 is 29.2 Å². The van der Waals surface area contributed by atoms with Crippen molar-refractivity contribution in [2.24, 2.45) is 0 Å². The molecule has 1 aromatic heterocycles. The fourth-order valence-electron chi connectivity index (χ4n) is 4.07. The monoisotopic (exact) mass is 401 g/mol. The van der Waals surface area contributed by atoms with Crippen LogP contribution >= 0.6 is 11.6 Å². The number of carbonyl (C=O) groups excluding carboxylic acids is 2. The molecule has 148 valence electrons. The summed E-state index contributed by atoms with van der Waals surface area (Å²) < 4.78 is 2.09. The maximum atomic E-state index is 13.5. The summed E-state index contributed by atoms with van der Waals surface area (Å²) in [5, 5.41) is 3.19. The highest BCUT2D eigenvalue weighted by Crippen LogP contribution is 2.34. The topological polar surface area (TPSA) is 70.5 Å². The van der Waals surface area contributed by atoms with Crippen molar-refractivity contribution in [2.75, 3.05) is 24.5 Å². The second-order valence-electron chi connectivity index (χ2n) is 7.16. The number of nitrogens with zero attached hydrogens (tertiary/aromatic N) is 4. The Kier molecular flexibility index (Phi) is 5.26. The first kappa shape index (κ1) is 18.8. The second-order valence-corrected chi connectivity index (χ2v) is 7.57. The van der Waals surface area contributed by atoms with Crippen LogP contribution in [0.5, 0.6) is 0 Å². The lowest BCUT2D eigenvalue weighted by molar-refractivity contribution is 0.0601. The molecule has 0 spiro atoms. The van der Waals surface area contributed by atoms with Crippen molar-refractivity contribution in [2.45, 2.75) is 38.8 Å². The molecule has 7 nitrogen and oxygen atoms in total. The van der Waals surface area contributed by atoms with Crippen LogP contribution in [0.3, 0.4) is 0 Å². The number of hydrogen-bond donors (Lipinski definition) is 1. The van der Waals surface area contributed by atoms with Gasteiger partial charge in [-0.1, -0.05) is 11.6 Å². The number of likely N-dealkylation sites (tertiary alicyclic amines) is 1. The van der Waals surface area contributed by atoms with Gasteiger partial charge in [-0.25, -0.2) is 9.78 Å². The molecule has 2 aliphatic rings. The van der Waals surface area contributed by atoms with E-state index in [4.69, 9.17) is 11.6 Å². The first-order valence-electron chi connectivity index (χ1n) is 9.76. The summed E-state index contributed by atoms with van der Waals surface area (Å²) >= 11 is 6.40. The molecule has 0 bridgehead atoms. The number of hydrogen-bond acceptors (Lipinski definition) is 3. The molecule has 4 rings (SSSR count). The zero-order valence-electron chi connectivity index (χ0n) is 15.9. The van der Waals surface area contributed by atoms with Gasteiger partial charge in [-0.15, -0.1) is 0 Å². The van der Waals surface area contributed by atoms with Crippen molar-refractivity contribution in [1.29, 1.82) is 0 Å². The number of aromatic nitrogens is 2. The predicted molar refractivity (Wildman–Crippen MR) is 108 cm³/mol. The van der Waals surface area contributed by atoms with Gasteiger partial charge < -0.3 is 14.8 Å². The second kappa shape index (κ2) is 7.83. The molecule has 1 unspecified atom stereocenters. The molecule has 8 heteroatoms. The average molecular weight is 402 g/mol. The van der Waals surface area contributed by atoms with E-state index in [1.807, 2.05) is 17.4 Å². The molecule has 1 aromatic carbocycles. The Morgan fingerprint density at radius 1 is 1.32 bits per heavy atom. The van der Waals surface area contributed by atoms with Crippen LogP contribution in [0.25, 0.3) is 0 Å². The van der Waals surface area contributed by atoms with Gasteiger partial charge in [0.2, 0.25) is 0 Å². The maximum Gasteiger partial charge on any atom is 0.321 e. The number of urea groups is 1. The molecular weight excluding hydrogens is 378 g/mol. The summed E-state index contributed by atoms with van der Waals surface area (Å²) in [4.78, 5) is 33.3. The average Bonchev–Trinajstić information content (AvgIpc) is 3.36. The van der Waals surface area contributed by atoms with Gasteiger partial charge in [0.15, 0.2) is 0 Å². The first-order chi connectivity index (χ1) is 13.6. The number of rotatable bonds is 4. The highest BCUT2D eigenvalue weighted by Gasteiger charge is 2.32. The summed E-state index contributed by atoms with van der Waals surface area (Å²) in [6.07, 6.45) is 6.61. The molecule has 1 atom stereocenters. The van der Waals surface area contributed by atoms with Crippen LogP contribution in [-0.4, -0.2) is 46.0 Å². The molecule has 3 amide bonds. The van der Waals surface area contributed by atoms with Crippen LogP contribution < -0.4 is 10.2 Å². The SMILES string of the molecule is CCn1cncc1C1CCCCN1C(=O)c1cc(N2CCNC2=O)ccc1Cl. The summed E-state index contributed by atoms with van der Waals surface area (Å²) in [7, 11) is 0. The largest absolute Gasteiger partial charge is 0.336 e. The lowest BCUT2D eigenvalue weighted by Crippen LogP contribution is -2.39. The van der Waals surface area contributed by atoms with Gasteiger partial charge in [0.05, 0.1) is 34.8 Å². The molecule has 0 aliphatic carbocycles. The Balaban J connectivity index is 1.66. The van der Waals surface area contributed by atoms with Crippen molar-refractivity contribution in [3.63, 3.8) is 0 Å². The molecule has 28 heavy (non-hydrogen) atoms. The van der Waals surface area contributed by atoms with Crippen LogP contribution in [-0.2, 0) is 6.54 Å². The Morgan fingerprint density at radius 3 is 2.93 bits per heavy atom. The third kappa shape index (κ3) is 3.35. The van der Waals surface area contributed by atoms with Crippen LogP contribution in [0.4, 0.5) is 10.5 Å². The van der Waals surface area contributed by atoms with Gasteiger partial charge >= 0.3 is 6.03 Å². The molecule has 3 heterocycles. The molecule has 2 fully saturated rings. The first-order valence-corrected chi connectivity index (χ1v) is 10.1.